The maximum Gasteiger partial charge on any atom is 0.243 e. The second-order valence-corrected chi connectivity index (χ2v) is 10.2. The summed E-state index contributed by atoms with van der Waals surface area (Å²) in [7, 11) is -3.51. The van der Waals surface area contributed by atoms with Gasteiger partial charge in [0.05, 0.1) is 17.1 Å². The van der Waals surface area contributed by atoms with Crippen molar-refractivity contribution < 1.29 is 17.6 Å². The molecule has 0 radical (unpaired) electrons. The van der Waals surface area contributed by atoms with Crippen molar-refractivity contribution in [2.75, 3.05) is 31.1 Å². The van der Waals surface area contributed by atoms with Gasteiger partial charge < -0.3 is 14.1 Å². The minimum absolute atomic E-state index is 0.0207. The number of benzene rings is 1. The van der Waals surface area contributed by atoms with Gasteiger partial charge in [0, 0.05) is 31.7 Å². The van der Waals surface area contributed by atoms with Crippen LogP contribution in [-0.4, -0.2) is 56.1 Å². The topological polar surface area (TPSA) is 99.7 Å². The van der Waals surface area contributed by atoms with Gasteiger partial charge in [-0.1, -0.05) is 12.8 Å². The standard InChI is InChI=1S/C22H28N4O4S/c1-16-14-25(15-17(2)29-16)22-20(13-23)24-21(30-22)18-7-9-19(10-8-18)31(27,28)26-11-5-3-4-6-12-26/h7-10,16-17H,3-6,11-12,14-15H2,1-2H3. The minimum atomic E-state index is -3.51. The number of rotatable bonds is 4. The molecule has 2 aliphatic heterocycles. The molecule has 3 heterocycles. The number of ether oxygens (including phenoxy) is 1. The largest absolute Gasteiger partial charge is 0.419 e. The van der Waals surface area contributed by atoms with E-state index >= 15 is 0 Å². The number of hydrogen-bond acceptors (Lipinski definition) is 7. The summed E-state index contributed by atoms with van der Waals surface area (Å²) < 4.78 is 39.3. The highest BCUT2D eigenvalue weighted by atomic mass is 32.2. The van der Waals surface area contributed by atoms with E-state index in [1.807, 2.05) is 18.7 Å². The first kappa shape index (κ1) is 21.8. The Morgan fingerprint density at radius 3 is 2.23 bits per heavy atom. The van der Waals surface area contributed by atoms with E-state index in [0.29, 0.717) is 43.5 Å². The van der Waals surface area contributed by atoms with Gasteiger partial charge in [-0.25, -0.2) is 8.42 Å². The summed E-state index contributed by atoms with van der Waals surface area (Å²) in [5, 5.41) is 9.54. The first-order valence-corrected chi connectivity index (χ1v) is 12.2. The molecule has 166 valence electrons. The second kappa shape index (κ2) is 8.99. The fraction of sp³-hybridized carbons (Fsp3) is 0.545. The van der Waals surface area contributed by atoms with E-state index in [4.69, 9.17) is 9.15 Å². The summed E-state index contributed by atoms with van der Waals surface area (Å²) in [6, 6.07) is 8.66. The molecule has 8 nitrogen and oxygen atoms in total. The summed E-state index contributed by atoms with van der Waals surface area (Å²) in [4.78, 5) is 6.59. The average Bonchev–Trinajstić information content (AvgIpc) is 2.98. The SMILES string of the molecule is CC1CN(c2oc(-c3ccc(S(=O)(=O)N4CCCCCC4)cc3)nc2C#N)CC(C)O1. The van der Waals surface area contributed by atoms with Crippen LogP contribution in [0.5, 0.6) is 0 Å². The summed E-state index contributed by atoms with van der Waals surface area (Å²) in [6.07, 6.45) is 3.97. The summed E-state index contributed by atoms with van der Waals surface area (Å²) in [6.45, 7) is 6.32. The van der Waals surface area contributed by atoms with Gasteiger partial charge in [0.25, 0.3) is 0 Å². The normalized spacial score (nSPS) is 23.3. The van der Waals surface area contributed by atoms with E-state index in [1.54, 1.807) is 28.6 Å². The van der Waals surface area contributed by atoms with E-state index < -0.39 is 10.0 Å². The smallest absolute Gasteiger partial charge is 0.243 e. The number of morpholine rings is 1. The number of anilines is 1. The maximum atomic E-state index is 13.0. The zero-order chi connectivity index (χ0) is 22.0. The highest BCUT2D eigenvalue weighted by Gasteiger charge is 2.29. The Hall–Kier alpha value is -2.41. The van der Waals surface area contributed by atoms with Crippen LogP contribution in [0.4, 0.5) is 5.88 Å². The molecule has 9 heteroatoms. The fourth-order valence-electron chi connectivity index (χ4n) is 4.27. The van der Waals surface area contributed by atoms with Crippen molar-refractivity contribution in [3.8, 4) is 17.5 Å². The number of nitriles is 1. The molecule has 0 saturated carbocycles. The third-order valence-corrected chi connectivity index (χ3v) is 7.64. The van der Waals surface area contributed by atoms with Gasteiger partial charge in [-0.2, -0.15) is 14.6 Å². The summed E-state index contributed by atoms with van der Waals surface area (Å²) in [5.74, 6) is 0.734. The third kappa shape index (κ3) is 4.61. The van der Waals surface area contributed by atoms with E-state index in [9.17, 15) is 13.7 Å². The minimum Gasteiger partial charge on any atom is -0.419 e. The molecular formula is C22H28N4O4S. The molecule has 2 saturated heterocycles. The molecule has 0 amide bonds. The quantitative estimate of drug-likeness (QED) is 0.712. The molecule has 4 rings (SSSR count). The van der Waals surface area contributed by atoms with Crippen molar-refractivity contribution >= 4 is 15.9 Å². The molecule has 2 atom stereocenters. The lowest BCUT2D eigenvalue weighted by molar-refractivity contribution is -0.00638. The van der Waals surface area contributed by atoms with E-state index in [1.165, 1.54) is 0 Å². The molecular weight excluding hydrogens is 416 g/mol. The average molecular weight is 445 g/mol. The molecule has 1 aromatic carbocycles. The molecule has 2 unspecified atom stereocenters. The van der Waals surface area contributed by atoms with Crippen molar-refractivity contribution in [1.82, 2.24) is 9.29 Å². The number of aromatic nitrogens is 1. The predicted octanol–water partition coefficient (Wildman–Crippen LogP) is 3.39. The number of hydrogen-bond donors (Lipinski definition) is 0. The molecule has 0 spiro atoms. The third-order valence-electron chi connectivity index (χ3n) is 5.73. The molecule has 0 bridgehead atoms. The Morgan fingerprint density at radius 2 is 1.65 bits per heavy atom. The monoisotopic (exact) mass is 444 g/mol. The number of sulfonamides is 1. The lowest BCUT2D eigenvalue weighted by atomic mass is 10.2. The van der Waals surface area contributed by atoms with Crippen LogP contribution in [0, 0.1) is 11.3 Å². The molecule has 2 aliphatic rings. The van der Waals surface area contributed by atoms with Crippen molar-refractivity contribution in [2.45, 2.75) is 56.6 Å². The fourth-order valence-corrected chi connectivity index (χ4v) is 5.78. The van der Waals surface area contributed by atoms with Gasteiger partial charge in [0.2, 0.25) is 27.5 Å². The van der Waals surface area contributed by atoms with Crippen molar-refractivity contribution in [3.63, 3.8) is 0 Å². The van der Waals surface area contributed by atoms with Crippen LogP contribution in [0.2, 0.25) is 0 Å². The Balaban J connectivity index is 1.58. The van der Waals surface area contributed by atoms with Crippen LogP contribution in [-0.2, 0) is 14.8 Å². The molecule has 0 aliphatic carbocycles. The van der Waals surface area contributed by atoms with Crippen LogP contribution in [0.1, 0.15) is 45.2 Å². The highest BCUT2D eigenvalue weighted by Crippen LogP contribution is 2.31. The van der Waals surface area contributed by atoms with Crippen LogP contribution in [0.25, 0.3) is 11.5 Å². The highest BCUT2D eigenvalue weighted by molar-refractivity contribution is 7.89. The van der Waals surface area contributed by atoms with Crippen molar-refractivity contribution in [3.05, 3.63) is 30.0 Å². The van der Waals surface area contributed by atoms with Crippen molar-refractivity contribution in [1.29, 1.82) is 5.26 Å². The van der Waals surface area contributed by atoms with Crippen molar-refractivity contribution in [2.24, 2.45) is 0 Å². The van der Waals surface area contributed by atoms with Crippen LogP contribution in [0.3, 0.4) is 0 Å². The lowest BCUT2D eigenvalue weighted by Gasteiger charge is -2.34. The molecule has 31 heavy (non-hydrogen) atoms. The Kier molecular flexibility index (Phi) is 6.32. The number of nitrogens with zero attached hydrogens (tertiary/aromatic N) is 4. The molecule has 1 aromatic heterocycles. The second-order valence-electron chi connectivity index (χ2n) is 8.29. The van der Waals surface area contributed by atoms with Crippen LogP contribution >= 0.6 is 0 Å². The van der Waals surface area contributed by atoms with Gasteiger partial charge >= 0.3 is 0 Å². The Labute approximate surface area is 183 Å². The maximum absolute atomic E-state index is 13.0. The number of oxazole rings is 1. The zero-order valence-corrected chi connectivity index (χ0v) is 18.8. The Bertz CT molecular complexity index is 1040. The molecule has 2 fully saturated rings. The van der Waals surface area contributed by atoms with Gasteiger partial charge in [-0.3, -0.25) is 0 Å². The zero-order valence-electron chi connectivity index (χ0n) is 18.0. The van der Waals surface area contributed by atoms with Crippen LogP contribution in [0.15, 0.2) is 33.6 Å². The molecule has 0 N–H and O–H groups in total. The Morgan fingerprint density at radius 1 is 1.03 bits per heavy atom. The van der Waals surface area contributed by atoms with E-state index in [-0.39, 0.29) is 22.8 Å². The van der Waals surface area contributed by atoms with Crippen LogP contribution < -0.4 is 4.90 Å². The van der Waals surface area contributed by atoms with Gasteiger partial charge in [-0.15, -0.1) is 0 Å². The van der Waals surface area contributed by atoms with E-state index in [0.717, 1.165) is 25.7 Å². The summed E-state index contributed by atoms with van der Waals surface area (Å²) in [5.41, 5.74) is 0.851. The summed E-state index contributed by atoms with van der Waals surface area (Å²) >= 11 is 0. The van der Waals surface area contributed by atoms with Gasteiger partial charge in [0.1, 0.15) is 6.07 Å². The molecule has 2 aromatic rings. The first-order chi connectivity index (χ1) is 14.9. The predicted molar refractivity (Wildman–Crippen MR) is 116 cm³/mol. The lowest BCUT2D eigenvalue weighted by Crippen LogP contribution is -2.45. The van der Waals surface area contributed by atoms with Gasteiger partial charge in [0.15, 0.2) is 0 Å². The first-order valence-electron chi connectivity index (χ1n) is 10.8. The van der Waals surface area contributed by atoms with Gasteiger partial charge in [-0.05, 0) is 51.0 Å². The van der Waals surface area contributed by atoms with E-state index in [2.05, 4.69) is 11.1 Å².